The molecule has 0 aromatic heterocycles. The first-order valence-electron chi connectivity index (χ1n) is 13.9. The SMILES string of the molecule is CCCNC(=O)C[C@@H]1C[C@@]2(CO2)[C@H](O)[C@@H](/C=C/C(C)=C/C[C@@H]2O[C@H](C)[C@H](NC(=O)/C=C\[C@H](C)O)C[C@@H]2C)O1. The highest BCUT2D eigenvalue weighted by molar-refractivity contribution is 5.87. The van der Waals surface area contributed by atoms with Crippen molar-refractivity contribution in [3.8, 4) is 0 Å². The summed E-state index contributed by atoms with van der Waals surface area (Å²) in [4.78, 5) is 24.3. The van der Waals surface area contributed by atoms with E-state index in [4.69, 9.17) is 14.2 Å². The van der Waals surface area contributed by atoms with Gasteiger partial charge in [-0.25, -0.2) is 0 Å². The van der Waals surface area contributed by atoms with Crippen LogP contribution >= 0.6 is 0 Å². The normalized spacial score (nSPS) is 36.5. The molecule has 2 amide bonds. The Morgan fingerprint density at radius 2 is 1.95 bits per heavy atom. The largest absolute Gasteiger partial charge is 0.389 e. The fourth-order valence-electron chi connectivity index (χ4n) is 5.13. The number of nitrogens with one attached hydrogen (secondary N) is 2. The zero-order chi connectivity index (χ0) is 27.9. The topological polar surface area (TPSA) is 130 Å². The molecule has 9 nitrogen and oxygen atoms in total. The van der Waals surface area contributed by atoms with Gasteiger partial charge in [0, 0.05) is 19.0 Å². The van der Waals surface area contributed by atoms with Crippen LogP contribution in [0.2, 0.25) is 0 Å². The number of hydrogen-bond donors (Lipinski definition) is 4. The molecule has 0 saturated carbocycles. The summed E-state index contributed by atoms with van der Waals surface area (Å²) in [7, 11) is 0. The maximum atomic E-state index is 12.2. The number of amides is 2. The zero-order valence-corrected chi connectivity index (χ0v) is 23.4. The van der Waals surface area contributed by atoms with E-state index in [0.717, 1.165) is 24.8 Å². The first-order chi connectivity index (χ1) is 18.0. The van der Waals surface area contributed by atoms with Gasteiger partial charge in [-0.1, -0.05) is 43.7 Å². The highest BCUT2D eigenvalue weighted by Crippen LogP contribution is 2.43. The smallest absolute Gasteiger partial charge is 0.244 e. The van der Waals surface area contributed by atoms with Crippen LogP contribution in [0.1, 0.15) is 66.7 Å². The standard InChI is InChI=1S/C29H46N2O7/c1-6-13-30-27(34)15-22-16-29(17-36-29)28(35)25(38-22)11-8-18(2)7-10-24-19(3)14-23(21(5)37-24)31-26(33)12-9-20(4)32/h7-9,11-12,19-25,28,32,35H,6,10,13-17H2,1-5H3,(H,30,34)(H,31,33)/b11-8+,12-9-,18-7+/t19-,20-,21+,22+,23+,24-,25+,28+,29+/m0/s1. The lowest BCUT2D eigenvalue weighted by Gasteiger charge is -2.39. The lowest BCUT2D eigenvalue weighted by Crippen LogP contribution is -2.50. The van der Waals surface area contributed by atoms with Gasteiger partial charge < -0.3 is 35.1 Å². The molecule has 38 heavy (non-hydrogen) atoms. The molecule has 9 atom stereocenters. The molecule has 0 unspecified atom stereocenters. The molecule has 0 aromatic carbocycles. The lowest BCUT2D eigenvalue weighted by atomic mass is 9.87. The van der Waals surface area contributed by atoms with E-state index in [0.29, 0.717) is 19.6 Å². The van der Waals surface area contributed by atoms with Crippen molar-refractivity contribution in [1.82, 2.24) is 10.6 Å². The minimum Gasteiger partial charge on any atom is -0.389 e. The van der Waals surface area contributed by atoms with Crippen LogP contribution in [0.25, 0.3) is 0 Å². The molecule has 3 heterocycles. The average Bonchev–Trinajstić information content (AvgIpc) is 3.63. The van der Waals surface area contributed by atoms with Crippen molar-refractivity contribution in [2.24, 2.45) is 5.92 Å². The second-order valence-electron chi connectivity index (χ2n) is 11.1. The van der Waals surface area contributed by atoms with E-state index >= 15 is 0 Å². The number of rotatable bonds is 11. The number of allylic oxidation sites excluding steroid dienone is 2. The summed E-state index contributed by atoms with van der Waals surface area (Å²) >= 11 is 0. The van der Waals surface area contributed by atoms with Crippen molar-refractivity contribution in [3.63, 3.8) is 0 Å². The molecule has 214 valence electrons. The van der Waals surface area contributed by atoms with Gasteiger partial charge in [-0.15, -0.1) is 0 Å². The third-order valence-corrected chi connectivity index (χ3v) is 7.56. The van der Waals surface area contributed by atoms with Gasteiger partial charge in [-0.2, -0.15) is 0 Å². The summed E-state index contributed by atoms with van der Waals surface area (Å²) in [6.07, 6.45) is 9.53. The zero-order valence-electron chi connectivity index (χ0n) is 23.4. The number of carbonyl (C=O) groups excluding carboxylic acids is 2. The third-order valence-electron chi connectivity index (χ3n) is 7.56. The molecule has 3 aliphatic heterocycles. The minimum atomic E-state index is -0.772. The Morgan fingerprint density at radius 1 is 1.21 bits per heavy atom. The molecule has 0 aliphatic carbocycles. The van der Waals surface area contributed by atoms with E-state index in [-0.39, 0.29) is 48.5 Å². The van der Waals surface area contributed by atoms with E-state index in [1.165, 1.54) is 12.2 Å². The van der Waals surface area contributed by atoms with Crippen LogP contribution in [0.3, 0.4) is 0 Å². The van der Waals surface area contributed by atoms with Crippen molar-refractivity contribution >= 4 is 11.8 Å². The molecule has 3 rings (SSSR count). The summed E-state index contributed by atoms with van der Waals surface area (Å²) < 4.78 is 17.9. The molecule has 1 spiro atoms. The average molecular weight is 535 g/mol. The van der Waals surface area contributed by atoms with Crippen LogP contribution < -0.4 is 10.6 Å². The Morgan fingerprint density at radius 3 is 2.61 bits per heavy atom. The number of ether oxygens (including phenoxy) is 3. The third kappa shape index (κ3) is 8.74. The van der Waals surface area contributed by atoms with E-state index < -0.39 is 23.9 Å². The number of aliphatic hydroxyl groups excluding tert-OH is 2. The lowest BCUT2D eigenvalue weighted by molar-refractivity contribution is -0.145. The van der Waals surface area contributed by atoms with Gasteiger partial charge in [0.25, 0.3) is 0 Å². The van der Waals surface area contributed by atoms with Crippen molar-refractivity contribution in [3.05, 3.63) is 36.0 Å². The monoisotopic (exact) mass is 534 g/mol. The van der Waals surface area contributed by atoms with Gasteiger partial charge in [0.15, 0.2) is 0 Å². The molecule has 0 radical (unpaired) electrons. The summed E-state index contributed by atoms with van der Waals surface area (Å²) in [5.41, 5.74) is 0.414. The van der Waals surface area contributed by atoms with Gasteiger partial charge in [0.2, 0.25) is 11.8 Å². The van der Waals surface area contributed by atoms with E-state index in [9.17, 15) is 19.8 Å². The Hall–Kier alpha value is -2.04. The van der Waals surface area contributed by atoms with Crippen LogP contribution in [0, 0.1) is 5.92 Å². The van der Waals surface area contributed by atoms with Crippen LogP contribution in [0.4, 0.5) is 0 Å². The first-order valence-corrected chi connectivity index (χ1v) is 13.9. The Labute approximate surface area is 226 Å². The molecule has 9 heteroatoms. The van der Waals surface area contributed by atoms with Gasteiger partial charge in [0.1, 0.15) is 17.8 Å². The molecular weight excluding hydrogens is 488 g/mol. The van der Waals surface area contributed by atoms with Crippen molar-refractivity contribution < 1.29 is 34.0 Å². The maximum absolute atomic E-state index is 12.2. The van der Waals surface area contributed by atoms with Crippen molar-refractivity contribution in [1.29, 1.82) is 0 Å². The molecular formula is C29H46N2O7. The first kappa shape index (κ1) is 30.5. The fraction of sp³-hybridized carbons (Fsp3) is 0.724. The minimum absolute atomic E-state index is 0.0279. The number of hydrogen-bond acceptors (Lipinski definition) is 7. The number of aliphatic hydroxyl groups is 2. The summed E-state index contributed by atoms with van der Waals surface area (Å²) in [5, 5.41) is 26.0. The predicted octanol–water partition coefficient (Wildman–Crippen LogP) is 2.32. The second-order valence-corrected chi connectivity index (χ2v) is 11.1. The van der Waals surface area contributed by atoms with Crippen LogP contribution in [0.15, 0.2) is 36.0 Å². The molecule has 3 aliphatic rings. The summed E-state index contributed by atoms with van der Waals surface area (Å²) in [6, 6.07) is -0.0868. The molecule has 0 aromatic rings. The van der Waals surface area contributed by atoms with Crippen molar-refractivity contribution in [2.45, 2.75) is 115 Å². The quantitative estimate of drug-likeness (QED) is 0.182. The second kappa shape index (κ2) is 13.8. The Bertz CT molecular complexity index is 895. The molecule has 3 fully saturated rings. The van der Waals surface area contributed by atoms with E-state index in [1.807, 2.05) is 32.9 Å². The van der Waals surface area contributed by atoms with Crippen LogP contribution in [0.5, 0.6) is 0 Å². The van der Waals surface area contributed by atoms with E-state index in [1.54, 1.807) is 6.92 Å². The van der Waals surface area contributed by atoms with Crippen LogP contribution in [-0.2, 0) is 23.8 Å². The van der Waals surface area contributed by atoms with Gasteiger partial charge in [-0.05, 0) is 46.0 Å². The summed E-state index contributed by atoms with van der Waals surface area (Å²) in [6.45, 7) is 10.8. The molecule has 4 N–H and O–H groups in total. The Balaban J connectivity index is 1.52. The molecule has 0 bridgehead atoms. The van der Waals surface area contributed by atoms with E-state index in [2.05, 4.69) is 23.6 Å². The fourth-order valence-corrected chi connectivity index (χ4v) is 5.13. The number of carbonyl (C=O) groups is 2. The highest BCUT2D eigenvalue weighted by atomic mass is 16.6. The van der Waals surface area contributed by atoms with Gasteiger partial charge in [-0.3, -0.25) is 9.59 Å². The number of epoxide rings is 1. The van der Waals surface area contributed by atoms with Crippen molar-refractivity contribution in [2.75, 3.05) is 13.2 Å². The highest BCUT2D eigenvalue weighted by Gasteiger charge is 2.58. The molecule has 3 saturated heterocycles. The van der Waals surface area contributed by atoms with Gasteiger partial charge in [0.05, 0.1) is 43.5 Å². The summed E-state index contributed by atoms with van der Waals surface area (Å²) in [5.74, 6) is -0.0239. The maximum Gasteiger partial charge on any atom is 0.244 e. The van der Waals surface area contributed by atoms with Crippen LogP contribution in [-0.4, -0.2) is 83.4 Å². The van der Waals surface area contributed by atoms with Gasteiger partial charge >= 0.3 is 0 Å². The predicted molar refractivity (Wildman–Crippen MR) is 144 cm³/mol. The Kier molecular flexibility index (Phi) is 11.1.